The van der Waals surface area contributed by atoms with Crippen LogP contribution in [-0.2, 0) is 7.05 Å². The maximum Gasteiger partial charge on any atom is 0.233 e. The second kappa shape index (κ2) is 4.96. The topological polar surface area (TPSA) is 70.7 Å². The molecule has 0 N–H and O–H groups in total. The Hall–Kier alpha value is -3.22. The zero-order chi connectivity index (χ0) is 14.9. The molecule has 0 bridgehead atoms. The van der Waals surface area contributed by atoms with Crippen molar-refractivity contribution in [3.8, 4) is 17.3 Å². The Kier molecular flexibility index (Phi) is 2.82. The van der Waals surface area contributed by atoms with Crippen LogP contribution in [0.5, 0.6) is 11.6 Å². The minimum Gasteiger partial charge on any atom is -0.438 e. The van der Waals surface area contributed by atoms with Gasteiger partial charge < -0.3 is 4.74 Å². The Labute approximate surface area is 125 Å². The summed E-state index contributed by atoms with van der Waals surface area (Å²) < 4.78 is 9.31. The molecule has 0 spiro atoms. The number of rotatable bonds is 3. The lowest BCUT2D eigenvalue weighted by atomic mass is 10.3. The van der Waals surface area contributed by atoms with Gasteiger partial charge in [-0.25, -0.2) is 14.6 Å². The molecule has 108 valence electrons. The largest absolute Gasteiger partial charge is 0.438 e. The molecule has 4 aromatic rings. The highest BCUT2D eigenvalue weighted by Gasteiger charge is 2.09. The van der Waals surface area contributed by atoms with Crippen LogP contribution < -0.4 is 4.74 Å². The van der Waals surface area contributed by atoms with Crippen molar-refractivity contribution in [2.45, 2.75) is 0 Å². The number of aryl methyl sites for hydroxylation is 1. The summed E-state index contributed by atoms with van der Waals surface area (Å²) in [5, 5.41) is 9.14. The van der Waals surface area contributed by atoms with Gasteiger partial charge in [0.1, 0.15) is 17.5 Å². The first kappa shape index (κ1) is 12.5. The Morgan fingerprint density at radius 2 is 1.91 bits per heavy atom. The van der Waals surface area contributed by atoms with Gasteiger partial charge >= 0.3 is 0 Å². The van der Waals surface area contributed by atoms with Gasteiger partial charge in [-0.3, -0.25) is 4.68 Å². The van der Waals surface area contributed by atoms with E-state index in [2.05, 4.69) is 20.2 Å². The smallest absolute Gasteiger partial charge is 0.233 e. The number of ether oxygens (including phenoxy) is 1. The van der Waals surface area contributed by atoms with Crippen molar-refractivity contribution in [3.63, 3.8) is 0 Å². The van der Waals surface area contributed by atoms with Crippen molar-refractivity contribution in [1.82, 2.24) is 29.5 Å². The molecule has 0 aliphatic heterocycles. The Morgan fingerprint density at radius 3 is 2.68 bits per heavy atom. The fraction of sp³-hybridized carbons (Fsp3) is 0.0667. The standard InChI is InChI=1S/C15H12N6O/c1-20-14-13(9-19-20)15(17-10-16-14)22-12-5-3-11(4-6-12)21-8-2-7-18-21/h2-10H,1H3. The Bertz CT molecular complexity index is 911. The molecule has 0 amide bonds. The van der Waals surface area contributed by atoms with E-state index >= 15 is 0 Å². The summed E-state index contributed by atoms with van der Waals surface area (Å²) in [6, 6.07) is 9.50. The second-order valence-corrected chi connectivity index (χ2v) is 4.73. The average Bonchev–Trinajstić information content (AvgIpc) is 3.19. The van der Waals surface area contributed by atoms with Crippen LogP contribution in [0, 0.1) is 0 Å². The number of nitrogens with zero attached hydrogens (tertiary/aromatic N) is 6. The first-order valence-corrected chi connectivity index (χ1v) is 6.72. The first-order chi connectivity index (χ1) is 10.8. The van der Waals surface area contributed by atoms with E-state index < -0.39 is 0 Å². The Morgan fingerprint density at radius 1 is 1.05 bits per heavy atom. The summed E-state index contributed by atoms with van der Waals surface area (Å²) >= 11 is 0. The molecule has 4 rings (SSSR count). The van der Waals surface area contributed by atoms with Crippen LogP contribution >= 0.6 is 0 Å². The summed E-state index contributed by atoms with van der Waals surface area (Å²) in [5.41, 5.74) is 1.70. The fourth-order valence-corrected chi connectivity index (χ4v) is 2.22. The number of hydrogen-bond donors (Lipinski definition) is 0. The van der Waals surface area contributed by atoms with Crippen molar-refractivity contribution in [1.29, 1.82) is 0 Å². The van der Waals surface area contributed by atoms with E-state index in [9.17, 15) is 0 Å². The van der Waals surface area contributed by atoms with Crippen molar-refractivity contribution in [3.05, 3.63) is 55.2 Å². The lowest BCUT2D eigenvalue weighted by molar-refractivity contribution is 0.468. The van der Waals surface area contributed by atoms with Crippen LogP contribution in [0.2, 0.25) is 0 Å². The van der Waals surface area contributed by atoms with Gasteiger partial charge in [-0.15, -0.1) is 0 Å². The van der Waals surface area contributed by atoms with Gasteiger partial charge in [0.2, 0.25) is 5.88 Å². The highest BCUT2D eigenvalue weighted by Crippen LogP contribution is 2.26. The third-order valence-electron chi connectivity index (χ3n) is 3.31. The molecule has 3 aromatic heterocycles. The van der Waals surface area contributed by atoms with Crippen molar-refractivity contribution >= 4 is 11.0 Å². The highest BCUT2D eigenvalue weighted by atomic mass is 16.5. The van der Waals surface area contributed by atoms with E-state index in [-0.39, 0.29) is 0 Å². The summed E-state index contributed by atoms with van der Waals surface area (Å²) in [5.74, 6) is 1.18. The van der Waals surface area contributed by atoms with Crippen LogP contribution in [0.4, 0.5) is 0 Å². The summed E-state index contributed by atoms with van der Waals surface area (Å²) in [7, 11) is 1.83. The lowest BCUT2D eigenvalue weighted by Gasteiger charge is -2.06. The number of aromatic nitrogens is 6. The molecule has 7 heteroatoms. The molecule has 3 heterocycles. The van der Waals surface area contributed by atoms with Gasteiger partial charge in [-0.05, 0) is 30.3 Å². The molecule has 22 heavy (non-hydrogen) atoms. The summed E-state index contributed by atoms with van der Waals surface area (Å²) in [4.78, 5) is 8.37. The van der Waals surface area contributed by atoms with Gasteiger partial charge in [0.15, 0.2) is 5.65 Å². The van der Waals surface area contributed by atoms with Crippen LogP contribution in [0.1, 0.15) is 0 Å². The molecule has 0 unspecified atom stereocenters. The molecular formula is C15H12N6O. The minimum absolute atomic E-state index is 0.491. The number of benzene rings is 1. The molecule has 0 atom stereocenters. The van der Waals surface area contributed by atoms with Crippen LogP contribution in [0.15, 0.2) is 55.2 Å². The van der Waals surface area contributed by atoms with Gasteiger partial charge in [0, 0.05) is 19.4 Å². The molecule has 1 aromatic carbocycles. The zero-order valence-electron chi connectivity index (χ0n) is 11.8. The normalized spacial score (nSPS) is 11.0. The molecule has 0 aliphatic rings. The van der Waals surface area contributed by atoms with Gasteiger partial charge in [-0.1, -0.05) is 0 Å². The molecule has 0 aliphatic carbocycles. The van der Waals surface area contributed by atoms with Gasteiger partial charge in [0.25, 0.3) is 0 Å². The van der Waals surface area contributed by atoms with Crippen LogP contribution in [0.3, 0.4) is 0 Å². The SMILES string of the molecule is Cn1ncc2c(Oc3ccc(-n4cccn4)cc3)ncnc21. The van der Waals surface area contributed by atoms with Crippen molar-refractivity contribution in [2.24, 2.45) is 7.05 Å². The molecule has 0 saturated heterocycles. The van der Waals surface area contributed by atoms with Crippen molar-refractivity contribution in [2.75, 3.05) is 0 Å². The predicted molar refractivity (Wildman–Crippen MR) is 79.9 cm³/mol. The van der Waals surface area contributed by atoms with Crippen LogP contribution in [0.25, 0.3) is 16.7 Å². The van der Waals surface area contributed by atoms with Crippen LogP contribution in [-0.4, -0.2) is 29.5 Å². The first-order valence-electron chi connectivity index (χ1n) is 6.72. The third-order valence-corrected chi connectivity index (χ3v) is 3.31. The maximum absolute atomic E-state index is 5.84. The molecule has 0 radical (unpaired) electrons. The van der Waals surface area contributed by atoms with E-state index in [1.807, 2.05) is 43.6 Å². The van der Waals surface area contributed by atoms with E-state index in [1.165, 1.54) is 6.33 Å². The van der Waals surface area contributed by atoms with E-state index in [0.717, 1.165) is 16.7 Å². The third kappa shape index (κ3) is 2.08. The lowest BCUT2D eigenvalue weighted by Crippen LogP contribution is -1.95. The van der Waals surface area contributed by atoms with Crippen molar-refractivity contribution < 1.29 is 4.74 Å². The minimum atomic E-state index is 0.491. The average molecular weight is 292 g/mol. The maximum atomic E-state index is 5.84. The van der Waals surface area contributed by atoms with Gasteiger partial charge in [-0.2, -0.15) is 10.2 Å². The monoisotopic (exact) mass is 292 g/mol. The molecular weight excluding hydrogens is 280 g/mol. The number of fused-ring (bicyclic) bond motifs is 1. The zero-order valence-corrected chi connectivity index (χ0v) is 11.8. The molecule has 0 fully saturated rings. The second-order valence-electron chi connectivity index (χ2n) is 4.73. The van der Waals surface area contributed by atoms with E-state index in [4.69, 9.17) is 4.74 Å². The quantitative estimate of drug-likeness (QED) is 0.579. The van der Waals surface area contributed by atoms with Gasteiger partial charge in [0.05, 0.1) is 11.9 Å². The fourth-order valence-electron chi connectivity index (χ4n) is 2.22. The summed E-state index contributed by atoms with van der Waals surface area (Å²) in [6.45, 7) is 0. The summed E-state index contributed by atoms with van der Waals surface area (Å²) in [6.07, 6.45) is 6.80. The molecule has 0 saturated carbocycles. The van der Waals surface area contributed by atoms with E-state index in [1.54, 1.807) is 21.8 Å². The Balaban J connectivity index is 1.65. The van der Waals surface area contributed by atoms with E-state index in [0.29, 0.717) is 11.6 Å². The number of hydrogen-bond acceptors (Lipinski definition) is 5. The highest BCUT2D eigenvalue weighted by molar-refractivity contribution is 5.79. The molecule has 7 nitrogen and oxygen atoms in total. The predicted octanol–water partition coefficient (Wildman–Crippen LogP) is 2.34.